The van der Waals surface area contributed by atoms with Gasteiger partial charge in [-0.25, -0.2) is 0 Å². The molecule has 1 heterocycles. The van der Waals surface area contributed by atoms with Gasteiger partial charge < -0.3 is 15.2 Å². The van der Waals surface area contributed by atoms with Gasteiger partial charge in [-0.1, -0.05) is 0 Å². The molecule has 0 fully saturated rings. The number of carbonyl (C=O) groups excluding carboxylic acids is 1. The SMILES string of the molecule is C[N+](C)(C)CC(=O)c1ccc(N)[nH]1. The molecule has 0 saturated heterocycles. The zero-order valence-corrected chi connectivity index (χ0v) is 8.29. The Morgan fingerprint density at radius 3 is 2.46 bits per heavy atom. The molecule has 0 atom stereocenters. The minimum absolute atomic E-state index is 0.0872. The largest absolute Gasteiger partial charge is 0.385 e. The van der Waals surface area contributed by atoms with Crippen molar-refractivity contribution in [2.24, 2.45) is 0 Å². The maximum absolute atomic E-state index is 11.6. The lowest BCUT2D eigenvalue weighted by Gasteiger charge is -2.22. The average molecular weight is 182 g/mol. The number of ketones is 1. The lowest BCUT2D eigenvalue weighted by Crippen LogP contribution is -2.39. The second kappa shape index (κ2) is 3.22. The molecule has 13 heavy (non-hydrogen) atoms. The Kier molecular flexibility index (Phi) is 2.43. The third kappa shape index (κ3) is 2.91. The summed E-state index contributed by atoms with van der Waals surface area (Å²) in [6, 6.07) is 3.41. The Morgan fingerprint density at radius 1 is 1.46 bits per heavy atom. The zero-order chi connectivity index (χ0) is 10.1. The van der Waals surface area contributed by atoms with Crippen LogP contribution in [0, 0.1) is 0 Å². The standard InChI is InChI=1S/C9H15N3O/c1-12(2,3)6-8(13)7-4-5-9(10)11-7/h4-5H,6H2,1-3H3,(H2-,10,11,13)/p+1. The number of quaternary nitrogens is 1. The molecule has 0 aliphatic heterocycles. The number of Topliss-reactive ketones (excluding diaryl/α,β-unsaturated/α-hetero) is 1. The second-order valence-corrected chi connectivity index (χ2v) is 4.20. The summed E-state index contributed by atoms with van der Waals surface area (Å²) in [5.41, 5.74) is 6.06. The smallest absolute Gasteiger partial charge is 0.233 e. The van der Waals surface area contributed by atoms with Crippen LogP contribution in [-0.2, 0) is 0 Å². The fourth-order valence-corrected chi connectivity index (χ4v) is 1.09. The third-order valence-corrected chi connectivity index (χ3v) is 1.63. The van der Waals surface area contributed by atoms with Gasteiger partial charge in [0, 0.05) is 0 Å². The molecule has 1 aromatic heterocycles. The molecule has 1 aromatic rings. The van der Waals surface area contributed by atoms with Crippen LogP contribution in [0.1, 0.15) is 10.5 Å². The monoisotopic (exact) mass is 182 g/mol. The molecule has 0 spiro atoms. The molecule has 0 amide bonds. The number of nitrogens with two attached hydrogens (primary N) is 1. The van der Waals surface area contributed by atoms with Crippen molar-refractivity contribution in [3.63, 3.8) is 0 Å². The van der Waals surface area contributed by atoms with Crippen LogP contribution in [0.2, 0.25) is 0 Å². The molecule has 0 aromatic carbocycles. The lowest BCUT2D eigenvalue weighted by atomic mass is 10.2. The van der Waals surface area contributed by atoms with Gasteiger partial charge in [0.05, 0.1) is 26.8 Å². The van der Waals surface area contributed by atoms with E-state index >= 15 is 0 Å². The molecule has 0 aliphatic rings. The predicted molar refractivity (Wildman–Crippen MR) is 52.4 cm³/mol. The summed E-state index contributed by atoms with van der Waals surface area (Å²) >= 11 is 0. The van der Waals surface area contributed by atoms with E-state index in [1.807, 2.05) is 21.1 Å². The number of rotatable bonds is 3. The molecule has 0 bridgehead atoms. The van der Waals surface area contributed by atoms with Gasteiger partial charge in [-0.05, 0) is 12.1 Å². The Balaban J connectivity index is 2.70. The van der Waals surface area contributed by atoms with E-state index in [4.69, 9.17) is 5.73 Å². The number of carbonyl (C=O) groups is 1. The summed E-state index contributed by atoms with van der Waals surface area (Å²) in [6.07, 6.45) is 0. The highest BCUT2D eigenvalue weighted by Crippen LogP contribution is 2.05. The molecule has 0 aliphatic carbocycles. The first-order valence-corrected chi connectivity index (χ1v) is 4.16. The van der Waals surface area contributed by atoms with Gasteiger partial charge in [-0.15, -0.1) is 0 Å². The van der Waals surface area contributed by atoms with Crippen LogP contribution in [-0.4, -0.2) is 42.9 Å². The van der Waals surface area contributed by atoms with Crippen LogP contribution in [0.5, 0.6) is 0 Å². The van der Waals surface area contributed by atoms with E-state index in [0.717, 1.165) is 0 Å². The van der Waals surface area contributed by atoms with Gasteiger partial charge in [0.2, 0.25) is 5.78 Å². The van der Waals surface area contributed by atoms with E-state index < -0.39 is 0 Å². The number of hydrogen-bond donors (Lipinski definition) is 2. The number of aromatic amines is 1. The normalized spacial score (nSPS) is 11.6. The van der Waals surface area contributed by atoms with E-state index in [-0.39, 0.29) is 5.78 Å². The van der Waals surface area contributed by atoms with Gasteiger partial charge >= 0.3 is 0 Å². The molecule has 0 unspecified atom stereocenters. The molecule has 72 valence electrons. The number of nitrogens with one attached hydrogen (secondary N) is 1. The van der Waals surface area contributed by atoms with Gasteiger partial charge in [-0.3, -0.25) is 4.79 Å². The highest BCUT2D eigenvalue weighted by Gasteiger charge is 2.16. The first-order valence-electron chi connectivity index (χ1n) is 4.16. The fraction of sp³-hybridized carbons (Fsp3) is 0.444. The maximum Gasteiger partial charge on any atom is 0.233 e. The number of likely N-dealkylation sites (N-methyl/N-ethyl adjacent to an activating group) is 1. The number of anilines is 1. The summed E-state index contributed by atoms with van der Waals surface area (Å²) in [5, 5.41) is 0. The minimum Gasteiger partial charge on any atom is -0.385 e. The van der Waals surface area contributed by atoms with Crippen molar-refractivity contribution in [3.05, 3.63) is 17.8 Å². The zero-order valence-electron chi connectivity index (χ0n) is 8.29. The summed E-state index contributed by atoms with van der Waals surface area (Å²) in [4.78, 5) is 14.4. The highest BCUT2D eigenvalue weighted by molar-refractivity contribution is 5.95. The summed E-state index contributed by atoms with van der Waals surface area (Å²) in [5.74, 6) is 0.619. The summed E-state index contributed by atoms with van der Waals surface area (Å²) in [7, 11) is 5.93. The van der Waals surface area contributed by atoms with Crippen molar-refractivity contribution in [2.75, 3.05) is 33.4 Å². The van der Waals surface area contributed by atoms with Crippen molar-refractivity contribution < 1.29 is 9.28 Å². The minimum atomic E-state index is 0.0872. The second-order valence-electron chi connectivity index (χ2n) is 4.20. The maximum atomic E-state index is 11.6. The molecular weight excluding hydrogens is 166 g/mol. The van der Waals surface area contributed by atoms with E-state index in [1.54, 1.807) is 12.1 Å². The van der Waals surface area contributed by atoms with Crippen LogP contribution in [0.4, 0.5) is 5.82 Å². The number of nitrogens with zero attached hydrogens (tertiary/aromatic N) is 1. The van der Waals surface area contributed by atoms with Gasteiger partial charge in [-0.2, -0.15) is 0 Å². The molecule has 4 nitrogen and oxygen atoms in total. The van der Waals surface area contributed by atoms with E-state index in [2.05, 4.69) is 4.98 Å². The number of nitrogen functional groups attached to an aromatic ring is 1. The van der Waals surface area contributed by atoms with Gasteiger partial charge in [0.1, 0.15) is 12.4 Å². The van der Waals surface area contributed by atoms with Crippen molar-refractivity contribution in [2.45, 2.75) is 0 Å². The molecule has 0 radical (unpaired) electrons. The van der Waals surface area contributed by atoms with Crippen molar-refractivity contribution in [3.8, 4) is 0 Å². The molecule has 1 rings (SSSR count). The Morgan fingerprint density at radius 2 is 2.08 bits per heavy atom. The van der Waals surface area contributed by atoms with Crippen molar-refractivity contribution in [1.82, 2.24) is 4.98 Å². The third-order valence-electron chi connectivity index (χ3n) is 1.63. The van der Waals surface area contributed by atoms with Gasteiger partial charge in [0.15, 0.2) is 0 Å². The van der Waals surface area contributed by atoms with Crippen LogP contribution in [0.3, 0.4) is 0 Å². The summed E-state index contributed by atoms with van der Waals surface area (Å²) in [6.45, 7) is 0.472. The molecular formula is C9H16N3O+. The van der Waals surface area contributed by atoms with E-state index in [9.17, 15) is 4.79 Å². The van der Waals surface area contributed by atoms with Crippen LogP contribution in [0.15, 0.2) is 12.1 Å². The Labute approximate surface area is 77.9 Å². The topological polar surface area (TPSA) is 58.9 Å². The van der Waals surface area contributed by atoms with E-state index in [1.165, 1.54) is 0 Å². The van der Waals surface area contributed by atoms with Crippen molar-refractivity contribution in [1.29, 1.82) is 0 Å². The molecule has 4 heteroatoms. The quantitative estimate of drug-likeness (QED) is 0.528. The number of aromatic nitrogens is 1. The van der Waals surface area contributed by atoms with Crippen LogP contribution >= 0.6 is 0 Å². The first-order chi connectivity index (χ1) is 5.88. The summed E-state index contributed by atoms with van der Waals surface area (Å²) < 4.78 is 0.623. The van der Waals surface area contributed by atoms with Crippen LogP contribution < -0.4 is 5.73 Å². The molecule has 0 saturated carbocycles. The Bertz CT molecular complexity index is 309. The Hall–Kier alpha value is -1.29. The van der Waals surface area contributed by atoms with Crippen LogP contribution in [0.25, 0.3) is 0 Å². The molecule has 3 N–H and O–H groups in total. The number of hydrogen-bond acceptors (Lipinski definition) is 2. The lowest BCUT2D eigenvalue weighted by molar-refractivity contribution is -0.861. The highest BCUT2D eigenvalue weighted by atomic mass is 16.1. The van der Waals surface area contributed by atoms with Crippen molar-refractivity contribution >= 4 is 11.6 Å². The number of H-pyrrole nitrogens is 1. The predicted octanol–water partition coefficient (Wildman–Crippen LogP) is 0.486. The fourth-order valence-electron chi connectivity index (χ4n) is 1.09. The average Bonchev–Trinajstić information content (AvgIpc) is 2.31. The van der Waals surface area contributed by atoms with Gasteiger partial charge in [0.25, 0.3) is 0 Å². The first kappa shape index (κ1) is 9.80. The van der Waals surface area contributed by atoms with E-state index in [0.29, 0.717) is 22.5 Å².